The maximum Gasteiger partial charge on any atom is 0.333 e. The molecule has 9 nitrogen and oxygen atoms in total. The summed E-state index contributed by atoms with van der Waals surface area (Å²) >= 11 is 0. The number of carbonyl (C=O) groups is 2. The molecule has 248 valence electrons. The van der Waals surface area contributed by atoms with Crippen LogP contribution in [0.1, 0.15) is 94.4 Å². The van der Waals surface area contributed by atoms with E-state index in [1.165, 1.54) is 0 Å². The van der Waals surface area contributed by atoms with Gasteiger partial charge in [-0.1, -0.05) is 62.8 Å². The van der Waals surface area contributed by atoms with E-state index in [9.17, 15) is 24.9 Å². The number of esters is 2. The van der Waals surface area contributed by atoms with Crippen molar-refractivity contribution in [3.63, 3.8) is 0 Å². The molecule has 2 rings (SSSR count). The molecule has 2 heterocycles. The third-order valence-electron chi connectivity index (χ3n) is 8.23. The molecule has 1 saturated heterocycles. The first kappa shape index (κ1) is 37.6. The van der Waals surface area contributed by atoms with E-state index in [0.717, 1.165) is 16.7 Å². The fraction of sp³-hybridized carbons (Fsp3) is 0.657. The summed E-state index contributed by atoms with van der Waals surface area (Å²) in [4.78, 5) is 24.6. The number of rotatable bonds is 6. The number of aliphatic hydroxyl groups excluding tert-OH is 3. The molecule has 9 heteroatoms. The van der Waals surface area contributed by atoms with Gasteiger partial charge in [-0.2, -0.15) is 0 Å². The number of hydrogen-bond acceptors (Lipinski definition) is 9. The van der Waals surface area contributed by atoms with Crippen LogP contribution in [-0.2, 0) is 28.5 Å². The molecule has 0 aromatic heterocycles. The highest BCUT2D eigenvalue weighted by Gasteiger charge is 2.52. The van der Waals surface area contributed by atoms with Crippen LogP contribution in [0.5, 0.6) is 0 Å². The Morgan fingerprint density at radius 3 is 2.30 bits per heavy atom. The first-order valence-corrected chi connectivity index (χ1v) is 15.8. The number of ether oxygens (including phenoxy) is 4. The Hall–Kier alpha value is -2.56. The van der Waals surface area contributed by atoms with Crippen molar-refractivity contribution in [1.29, 1.82) is 0 Å². The Labute approximate surface area is 263 Å². The summed E-state index contributed by atoms with van der Waals surface area (Å²) in [7, 11) is 0. The van der Waals surface area contributed by atoms with Crippen LogP contribution in [0, 0.1) is 5.92 Å². The first-order valence-electron chi connectivity index (χ1n) is 15.8. The maximum atomic E-state index is 12.6. The monoisotopic (exact) mass is 618 g/mol. The number of cyclic esters (lactones) is 1. The molecule has 0 aromatic rings. The molecular weight excluding hydrogens is 564 g/mol. The van der Waals surface area contributed by atoms with Gasteiger partial charge in [-0.25, -0.2) is 4.79 Å². The maximum absolute atomic E-state index is 12.6. The summed E-state index contributed by atoms with van der Waals surface area (Å²) in [5.74, 6) is -1.10. The van der Waals surface area contributed by atoms with E-state index in [4.69, 9.17) is 18.9 Å². The Kier molecular flexibility index (Phi) is 14.7. The number of hydrogen-bond donors (Lipinski definition) is 3. The smallest absolute Gasteiger partial charge is 0.333 e. The van der Waals surface area contributed by atoms with Gasteiger partial charge >= 0.3 is 11.9 Å². The summed E-state index contributed by atoms with van der Waals surface area (Å²) in [5, 5.41) is 33.0. The van der Waals surface area contributed by atoms with Crippen molar-refractivity contribution >= 4 is 11.9 Å². The van der Waals surface area contributed by atoms with E-state index in [1.54, 1.807) is 39.8 Å². The highest BCUT2D eigenvalue weighted by molar-refractivity contribution is 5.88. The third-order valence-corrected chi connectivity index (χ3v) is 8.23. The third kappa shape index (κ3) is 10.5. The lowest BCUT2D eigenvalue weighted by molar-refractivity contribution is -0.333. The molecular formula is C35H54O9. The molecule has 8 atom stereocenters. The average molecular weight is 619 g/mol. The second-order valence-electron chi connectivity index (χ2n) is 12.4. The van der Waals surface area contributed by atoms with Crippen molar-refractivity contribution in [1.82, 2.24) is 0 Å². The normalized spacial score (nSPS) is 38.1. The second-order valence-corrected chi connectivity index (χ2v) is 12.4. The van der Waals surface area contributed by atoms with Crippen molar-refractivity contribution in [3.05, 3.63) is 58.7 Å². The van der Waals surface area contributed by atoms with Gasteiger partial charge in [0.05, 0.1) is 12.2 Å². The topological polar surface area (TPSA) is 132 Å². The molecule has 8 unspecified atom stereocenters. The van der Waals surface area contributed by atoms with Crippen LogP contribution in [0.4, 0.5) is 0 Å². The van der Waals surface area contributed by atoms with E-state index in [2.05, 4.69) is 0 Å². The van der Waals surface area contributed by atoms with Gasteiger partial charge in [0.25, 0.3) is 0 Å². The summed E-state index contributed by atoms with van der Waals surface area (Å²) in [6.45, 7) is 16.5. The Morgan fingerprint density at radius 1 is 1.00 bits per heavy atom. The van der Waals surface area contributed by atoms with Crippen molar-refractivity contribution in [3.8, 4) is 0 Å². The standard InChI is InChI=1S/C35H54O9/c1-10-25-20-23(6)27(36)16-14-13-15-22(5)33(40)41-26(11-2)18-17-21(4)19-24(7)31(25)43-34-30(39)29(38)32(35(8,9)44-34)42-28(37)12-3/h13-15,17,19-20,25-27,29-32,34,36,38-39H,10-12,16,18H2,1-9H3/b14-13+,21-17+,22-15+,23-20+,24-19+. The minimum absolute atomic E-state index is 0.123. The SMILES string of the molecule is CCC(=O)OC1C(O)C(O)C(OC2/C(C)=C/C(C)=C/CC(CC)OC(=O)/C(C)=C/C=C/CC(O)/C(C)=C/C2CC)OC1(C)C. The Balaban J connectivity index is 2.52. The van der Waals surface area contributed by atoms with Crippen molar-refractivity contribution in [2.45, 2.75) is 143 Å². The molecule has 0 aliphatic carbocycles. The van der Waals surface area contributed by atoms with Crippen molar-refractivity contribution in [2.24, 2.45) is 5.92 Å². The predicted molar refractivity (Wildman–Crippen MR) is 169 cm³/mol. The lowest BCUT2D eigenvalue weighted by atomic mass is 9.88. The van der Waals surface area contributed by atoms with Crippen LogP contribution in [0.2, 0.25) is 0 Å². The van der Waals surface area contributed by atoms with Gasteiger partial charge in [0.1, 0.15) is 23.9 Å². The van der Waals surface area contributed by atoms with Gasteiger partial charge < -0.3 is 34.3 Å². The summed E-state index contributed by atoms with van der Waals surface area (Å²) in [5.41, 5.74) is 1.87. The van der Waals surface area contributed by atoms with Crippen LogP contribution in [0.15, 0.2) is 58.7 Å². The Bertz CT molecular complexity index is 1130. The van der Waals surface area contributed by atoms with Crippen LogP contribution in [0.3, 0.4) is 0 Å². The van der Waals surface area contributed by atoms with Gasteiger partial charge in [0.15, 0.2) is 12.4 Å². The van der Waals surface area contributed by atoms with Crippen LogP contribution in [-0.4, -0.2) is 75.8 Å². The quantitative estimate of drug-likeness (QED) is 0.265. The molecule has 44 heavy (non-hydrogen) atoms. The largest absolute Gasteiger partial charge is 0.459 e. The Morgan fingerprint density at radius 2 is 1.68 bits per heavy atom. The second kappa shape index (κ2) is 17.2. The molecule has 0 amide bonds. The predicted octanol–water partition coefficient (Wildman–Crippen LogP) is 5.39. The van der Waals surface area contributed by atoms with E-state index in [1.807, 2.05) is 58.9 Å². The van der Waals surface area contributed by atoms with Gasteiger partial charge in [-0.05, 0) is 72.0 Å². The average Bonchev–Trinajstić information content (AvgIpc) is 2.98. The zero-order chi connectivity index (χ0) is 33.2. The molecule has 0 aromatic carbocycles. The number of aliphatic hydroxyl groups is 3. The van der Waals surface area contributed by atoms with E-state index >= 15 is 0 Å². The number of allylic oxidation sites excluding steroid dienone is 4. The number of carbonyl (C=O) groups excluding carboxylic acids is 2. The summed E-state index contributed by atoms with van der Waals surface area (Å²) in [6.07, 6.45) is 6.69. The van der Waals surface area contributed by atoms with Gasteiger partial charge in [0, 0.05) is 24.3 Å². The molecule has 0 spiro atoms. The zero-order valence-electron chi connectivity index (χ0n) is 27.9. The van der Waals surface area contributed by atoms with Crippen molar-refractivity contribution < 1.29 is 43.9 Å². The van der Waals surface area contributed by atoms with Crippen molar-refractivity contribution in [2.75, 3.05) is 0 Å². The minimum atomic E-state index is -1.48. The lowest BCUT2D eigenvalue weighted by Gasteiger charge is -2.47. The van der Waals surface area contributed by atoms with Crippen LogP contribution < -0.4 is 0 Å². The van der Waals surface area contributed by atoms with Gasteiger partial charge in [0.2, 0.25) is 0 Å². The van der Waals surface area contributed by atoms with E-state index in [-0.39, 0.29) is 24.4 Å². The van der Waals surface area contributed by atoms with Crippen LogP contribution >= 0.6 is 0 Å². The molecule has 3 N–H and O–H groups in total. The van der Waals surface area contributed by atoms with E-state index < -0.39 is 48.4 Å². The van der Waals surface area contributed by atoms with Gasteiger partial charge in [-0.3, -0.25) is 4.79 Å². The van der Waals surface area contributed by atoms with E-state index in [0.29, 0.717) is 31.3 Å². The summed E-state index contributed by atoms with van der Waals surface area (Å²) < 4.78 is 23.8. The highest BCUT2D eigenvalue weighted by atomic mass is 16.7. The zero-order valence-corrected chi connectivity index (χ0v) is 27.9. The molecule has 0 radical (unpaired) electrons. The van der Waals surface area contributed by atoms with Gasteiger partial charge in [-0.15, -0.1) is 0 Å². The molecule has 2 aliphatic rings. The molecule has 2 aliphatic heterocycles. The fourth-order valence-corrected chi connectivity index (χ4v) is 5.32. The molecule has 0 bridgehead atoms. The minimum Gasteiger partial charge on any atom is -0.459 e. The highest BCUT2D eigenvalue weighted by Crippen LogP contribution is 2.35. The summed E-state index contributed by atoms with van der Waals surface area (Å²) in [6, 6.07) is 0. The lowest BCUT2D eigenvalue weighted by Crippen LogP contribution is -2.64. The first-order chi connectivity index (χ1) is 20.6. The van der Waals surface area contributed by atoms with Crippen LogP contribution in [0.25, 0.3) is 0 Å². The molecule has 1 fully saturated rings. The molecule has 0 saturated carbocycles. The fourth-order valence-electron chi connectivity index (χ4n) is 5.32.